The highest BCUT2D eigenvalue weighted by Crippen LogP contribution is 2.26. The Bertz CT molecular complexity index is 375. The zero-order valence-electron chi connectivity index (χ0n) is 9.40. The molecule has 1 heterocycles. The number of carbonyl (C=O) groups excluding carboxylic acids is 1. The van der Waals surface area contributed by atoms with Crippen LogP contribution in [0.2, 0.25) is 0 Å². The maximum atomic E-state index is 11.3. The summed E-state index contributed by atoms with van der Waals surface area (Å²) in [5.74, 6) is -0.658. The van der Waals surface area contributed by atoms with E-state index in [1.807, 2.05) is 6.07 Å². The van der Waals surface area contributed by atoms with Crippen LogP contribution in [0.4, 0.5) is 0 Å². The monoisotopic (exact) mass is 287 g/mol. The van der Waals surface area contributed by atoms with E-state index < -0.39 is 17.5 Å². The summed E-state index contributed by atoms with van der Waals surface area (Å²) in [5, 5.41) is 9.84. The minimum absolute atomic E-state index is 0.633. The Morgan fingerprint density at radius 2 is 2.19 bits per heavy atom. The van der Waals surface area contributed by atoms with Crippen LogP contribution in [-0.4, -0.2) is 29.3 Å². The number of carbonyl (C=O) groups is 1. The lowest BCUT2D eigenvalue weighted by Gasteiger charge is -2.27. The predicted octanol–water partition coefficient (Wildman–Crippen LogP) is 1.66. The van der Waals surface area contributed by atoms with Gasteiger partial charge in [0.05, 0.1) is 7.11 Å². The van der Waals surface area contributed by atoms with Gasteiger partial charge in [0.1, 0.15) is 0 Å². The molecule has 0 radical (unpaired) electrons. The number of hydrogen-bond acceptors (Lipinski definition) is 4. The molecular formula is C11H14BrNO3. The molecule has 0 aromatic carbocycles. The third-order valence-corrected chi connectivity index (χ3v) is 2.96. The molecule has 1 N–H and O–H groups in total. The van der Waals surface area contributed by atoms with Crippen molar-refractivity contribution in [3.63, 3.8) is 0 Å². The minimum atomic E-state index is -1.23. The zero-order chi connectivity index (χ0) is 12.3. The molecule has 16 heavy (non-hydrogen) atoms. The van der Waals surface area contributed by atoms with Gasteiger partial charge in [-0.3, -0.25) is 4.98 Å². The Morgan fingerprint density at radius 3 is 2.62 bits per heavy atom. The molecule has 0 saturated carbocycles. The highest BCUT2D eigenvalue weighted by Gasteiger charge is 2.37. The van der Waals surface area contributed by atoms with Crippen LogP contribution >= 0.6 is 15.9 Å². The van der Waals surface area contributed by atoms with E-state index in [1.54, 1.807) is 26.1 Å². The molecule has 0 aliphatic heterocycles. The van der Waals surface area contributed by atoms with Gasteiger partial charge < -0.3 is 9.84 Å². The summed E-state index contributed by atoms with van der Waals surface area (Å²) in [6, 6.07) is 3.57. The van der Waals surface area contributed by atoms with Crippen LogP contribution in [0.1, 0.15) is 19.5 Å². The Hall–Kier alpha value is -0.940. The summed E-state index contributed by atoms with van der Waals surface area (Å²) >= 11 is 3.28. The van der Waals surface area contributed by atoms with Crippen LogP contribution in [-0.2, 0) is 14.9 Å². The lowest BCUT2D eigenvalue weighted by Crippen LogP contribution is -2.41. The highest BCUT2D eigenvalue weighted by molar-refractivity contribution is 9.10. The lowest BCUT2D eigenvalue weighted by atomic mass is 9.82. The maximum Gasteiger partial charge on any atom is 0.335 e. The average Bonchev–Trinajstić information content (AvgIpc) is 2.27. The first-order valence-corrected chi connectivity index (χ1v) is 5.57. The van der Waals surface area contributed by atoms with Crippen molar-refractivity contribution >= 4 is 21.9 Å². The van der Waals surface area contributed by atoms with Gasteiger partial charge in [-0.2, -0.15) is 0 Å². The largest absolute Gasteiger partial charge is 0.467 e. The molecule has 4 nitrogen and oxygen atoms in total. The zero-order valence-corrected chi connectivity index (χ0v) is 11.0. The van der Waals surface area contributed by atoms with Crippen molar-refractivity contribution in [2.24, 2.45) is 0 Å². The van der Waals surface area contributed by atoms with Crippen LogP contribution < -0.4 is 0 Å². The fourth-order valence-corrected chi connectivity index (χ4v) is 1.54. The lowest BCUT2D eigenvalue weighted by molar-refractivity contribution is -0.153. The third kappa shape index (κ3) is 2.59. The number of rotatable bonds is 3. The number of esters is 1. The molecule has 0 spiro atoms. The second-order valence-electron chi connectivity index (χ2n) is 4.01. The molecule has 1 rings (SSSR count). The van der Waals surface area contributed by atoms with E-state index in [4.69, 9.17) is 0 Å². The molecule has 1 aromatic heterocycles. The van der Waals surface area contributed by atoms with Crippen LogP contribution in [0, 0.1) is 0 Å². The second-order valence-corrected chi connectivity index (χ2v) is 4.92. The van der Waals surface area contributed by atoms with Crippen LogP contribution in [0.5, 0.6) is 0 Å². The van der Waals surface area contributed by atoms with Crippen LogP contribution in [0.15, 0.2) is 22.8 Å². The van der Waals surface area contributed by atoms with Crippen molar-refractivity contribution in [3.05, 3.63) is 28.5 Å². The minimum Gasteiger partial charge on any atom is -0.467 e. The molecular weight excluding hydrogens is 274 g/mol. The molecule has 1 aromatic rings. The molecule has 0 fully saturated rings. The van der Waals surface area contributed by atoms with Crippen LogP contribution in [0.25, 0.3) is 0 Å². The van der Waals surface area contributed by atoms with E-state index in [-0.39, 0.29) is 0 Å². The highest BCUT2D eigenvalue weighted by atomic mass is 79.9. The molecule has 0 bridgehead atoms. The smallest absolute Gasteiger partial charge is 0.335 e. The van der Waals surface area contributed by atoms with Gasteiger partial charge in [0.15, 0.2) is 6.10 Å². The van der Waals surface area contributed by atoms with Crippen molar-refractivity contribution in [1.82, 2.24) is 4.98 Å². The van der Waals surface area contributed by atoms with Crippen molar-refractivity contribution in [2.75, 3.05) is 7.11 Å². The van der Waals surface area contributed by atoms with E-state index in [0.717, 1.165) is 4.47 Å². The number of hydrogen-bond donors (Lipinski definition) is 1. The summed E-state index contributed by atoms with van der Waals surface area (Å²) in [6.45, 7) is 3.48. The quantitative estimate of drug-likeness (QED) is 0.859. The van der Waals surface area contributed by atoms with E-state index in [2.05, 4.69) is 25.7 Å². The number of halogens is 1. The molecule has 0 aliphatic carbocycles. The number of nitrogens with zero attached hydrogens (tertiary/aromatic N) is 1. The van der Waals surface area contributed by atoms with E-state index in [9.17, 15) is 9.90 Å². The molecule has 5 heteroatoms. The summed E-state index contributed by atoms with van der Waals surface area (Å²) < 4.78 is 5.36. The van der Waals surface area contributed by atoms with E-state index in [1.165, 1.54) is 7.11 Å². The predicted molar refractivity (Wildman–Crippen MR) is 63.0 cm³/mol. The number of aromatic nitrogens is 1. The first-order valence-electron chi connectivity index (χ1n) is 4.77. The Kier molecular flexibility index (Phi) is 4.04. The normalized spacial score (nSPS) is 13.3. The Labute approximate surface area is 103 Å². The first kappa shape index (κ1) is 13.1. The van der Waals surface area contributed by atoms with Gasteiger partial charge in [-0.1, -0.05) is 13.8 Å². The van der Waals surface area contributed by atoms with Crippen LogP contribution in [0.3, 0.4) is 0 Å². The van der Waals surface area contributed by atoms with Crippen molar-refractivity contribution in [2.45, 2.75) is 25.4 Å². The van der Waals surface area contributed by atoms with Gasteiger partial charge in [0.2, 0.25) is 0 Å². The van der Waals surface area contributed by atoms with Gasteiger partial charge in [-0.15, -0.1) is 0 Å². The Morgan fingerprint density at radius 1 is 1.56 bits per heavy atom. The molecule has 0 saturated heterocycles. The maximum absolute atomic E-state index is 11.3. The summed E-state index contributed by atoms with van der Waals surface area (Å²) in [4.78, 5) is 15.5. The number of ether oxygens (including phenoxy) is 1. The molecule has 0 aliphatic rings. The molecule has 0 amide bonds. The topological polar surface area (TPSA) is 59.4 Å². The van der Waals surface area contributed by atoms with Crippen molar-refractivity contribution in [3.8, 4) is 0 Å². The number of methoxy groups -OCH3 is 1. The van der Waals surface area contributed by atoms with Crippen molar-refractivity contribution < 1.29 is 14.6 Å². The fourth-order valence-electron chi connectivity index (χ4n) is 1.30. The van der Waals surface area contributed by atoms with E-state index in [0.29, 0.717) is 5.69 Å². The number of aliphatic hydroxyl groups excluding tert-OH is 1. The summed E-state index contributed by atoms with van der Waals surface area (Å²) in [6.07, 6.45) is 0.396. The van der Waals surface area contributed by atoms with E-state index >= 15 is 0 Å². The van der Waals surface area contributed by atoms with Gasteiger partial charge >= 0.3 is 5.97 Å². The summed E-state index contributed by atoms with van der Waals surface area (Å²) in [7, 11) is 1.25. The third-order valence-electron chi connectivity index (χ3n) is 2.50. The molecule has 1 atom stereocenters. The van der Waals surface area contributed by atoms with Gasteiger partial charge in [0, 0.05) is 21.8 Å². The summed E-state index contributed by atoms with van der Waals surface area (Å²) in [5.41, 5.74) is -0.151. The molecule has 1 unspecified atom stereocenters. The fraction of sp³-hybridized carbons (Fsp3) is 0.455. The standard InChI is InChI=1S/C11H14BrNO3/c1-11(2,9(14)10(15)16-3)8-5-4-7(12)6-13-8/h4-6,9,14H,1-3H3. The second kappa shape index (κ2) is 4.93. The van der Waals surface area contributed by atoms with Gasteiger partial charge in [-0.05, 0) is 28.1 Å². The Balaban J connectivity index is 3.01. The number of pyridine rings is 1. The molecule has 88 valence electrons. The van der Waals surface area contributed by atoms with Crippen molar-refractivity contribution in [1.29, 1.82) is 0 Å². The SMILES string of the molecule is COC(=O)C(O)C(C)(C)c1ccc(Br)cn1. The van der Waals surface area contributed by atoms with Gasteiger partial charge in [0.25, 0.3) is 0 Å². The van der Waals surface area contributed by atoms with Gasteiger partial charge in [-0.25, -0.2) is 4.79 Å². The average molecular weight is 288 g/mol. The number of aliphatic hydroxyl groups is 1. The first-order chi connectivity index (χ1) is 7.39.